The number of nitrogens with zero attached hydrogens (tertiary/aromatic N) is 2. The molecule has 27 heavy (non-hydrogen) atoms. The third-order valence-corrected chi connectivity index (χ3v) is 5.48. The van der Waals surface area contributed by atoms with E-state index < -0.39 is 11.8 Å². The van der Waals surface area contributed by atoms with E-state index in [1.165, 1.54) is 30.6 Å². The molecule has 0 radical (unpaired) electrons. The van der Waals surface area contributed by atoms with Crippen LogP contribution in [0.3, 0.4) is 0 Å². The number of halogens is 1. The molecule has 1 aliphatic heterocycles. The van der Waals surface area contributed by atoms with Crippen LogP contribution in [0.15, 0.2) is 48.3 Å². The minimum atomic E-state index is -0.489. The molecule has 1 aromatic carbocycles. The van der Waals surface area contributed by atoms with Crippen LogP contribution < -0.4 is 10.2 Å². The van der Waals surface area contributed by atoms with Crippen LogP contribution in [0.25, 0.3) is 6.08 Å². The van der Waals surface area contributed by atoms with E-state index in [9.17, 15) is 9.59 Å². The van der Waals surface area contributed by atoms with Crippen molar-refractivity contribution in [3.63, 3.8) is 0 Å². The summed E-state index contributed by atoms with van der Waals surface area (Å²) in [6.07, 6.45) is 10.4. The minimum Gasteiger partial charge on any atom is -0.351 e. The van der Waals surface area contributed by atoms with Gasteiger partial charge < -0.3 is 4.57 Å². The quantitative estimate of drug-likeness (QED) is 0.480. The molecule has 4 rings (SSSR count). The Labute approximate surface area is 167 Å². The zero-order valence-corrected chi connectivity index (χ0v) is 16.1. The number of rotatable bonds is 3. The molecule has 0 spiro atoms. The molecule has 2 heterocycles. The third-order valence-electron chi connectivity index (χ3n) is 4.96. The van der Waals surface area contributed by atoms with Crippen LogP contribution in [0.2, 0.25) is 5.02 Å². The van der Waals surface area contributed by atoms with Gasteiger partial charge in [0.05, 0.1) is 5.69 Å². The molecule has 2 amide bonds. The number of nitrogens with one attached hydrogen (secondary N) is 1. The third kappa shape index (κ3) is 3.55. The number of aromatic nitrogens is 1. The van der Waals surface area contributed by atoms with Gasteiger partial charge >= 0.3 is 0 Å². The summed E-state index contributed by atoms with van der Waals surface area (Å²) in [6.45, 7) is 0. The summed E-state index contributed by atoms with van der Waals surface area (Å²) >= 11 is 11.2. The average Bonchev–Trinajstić information content (AvgIpc) is 3.30. The van der Waals surface area contributed by atoms with Crippen molar-refractivity contribution in [2.45, 2.75) is 31.7 Å². The van der Waals surface area contributed by atoms with E-state index in [0.29, 0.717) is 16.8 Å². The number of hydrogen-bond acceptors (Lipinski definition) is 3. The topological polar surface area (TPSA) is 54.3 Å². The number of hydrogen-bond donors (Lipinski definition) is 1. The lowest BCUT2D eigenvalue weighted by molar-refractivity contribution is -0.122. The van der Waals surface area contributed by atoms with Crippen molar-refractivity contribution < 1.29 is 9.59 Å². The van der Waals surface area contributed by atoms with Crippen LogP contribution in [0.4, 0.5) is 5.69 Å². The number of benzene rings is 1. The fourth-order valence-corrected chi connectivity index (χ4v) is 4.08. The molecular weight excluding hydrogens is 382 g/mol. The standard InChI is InChI=1S/C20H18ClN3O2S/c21-14-4-3-7-16(11-14)24-19(26)17(18(25)22-20(24)27)10-13-8-9-23(12-13)15-5-1-2-6-15/h3-4,7-12,15H,1-2,5-6H2,(H,22,25,27)/b17-10-. The van der Waals surface area contributed by atoms with E-state index in [-0.39, 0.29) is 10.7 Å². The lowest BCUT2D eigenvalue weighted by atomic mass is 10.1. The van der Waals surface area contributed by atoms with Crippen molar-refractivity contribution >= 4 is 52.5 Å². The van der Waals surface area contributed by atoms with Gasteiger partial charge in [-0.15, -0.1) is 0 Å². The maximum Gasteiger partial charge on any atom is 0.270 e. The van der Waals surface area contributed by atoms with Gasteiger partial charge in [-0.3, -0.25) is 19.8 Å². The van der Waals surface area contributed by atoms with Gasteiger partial charge in [0.15, 0.2) is 5.11 Å². The zero-order chi connectivity index (χ0) is 19.0. The van der Waals surface area contributed by atoms with E-state index in [2.05, 4.69) is 9.88 Å². The van der Waals surface area contributed by atoms with Crippen LogP contribution in [0, 0.1) is 0 Å². The summed E-state index contributed by atoms with van der Waals surface area (Å²) in [5.41, 5.74) is 1.39. The SMILES string of the molecule is O=C1NC(=S)N(c2cccc(Cl)c2)C(=O)/C1=C\c1ccn(C2CCCC2)c1. The van der Waals surface area contributed by atoms with E-state index in [1.807, 2.05) is 18.5 Å². The van der Waals surface area contributed by atoms with Crippen LogP contribution in [-0.4, -0.2) is 21.5 Å². The Bertz CT molecular complexity index is 960. The molecule has 0 bridgehead atoms. The molecule has 2 fully saturated rings. The van der Waals surface area contributed by atoms with Crippen LogP contribution in [0.1, 0.15) is 37.3 Å². The van der Waals surface area contributed by atoms with E-state index in [1.54, 1.807) is 30.3 Å². The summed E-state index contributed by atoms with van der Waals surface area (Å²) < 4.78 is 2.17. The second kappa shape index (κ2) is 7.29. The molecule has 1 aromatic heterocycles. The molecule has 2 aromatic rings. The van der Waals surface area contributed by atoms with E-state index in [4.69, 9.17) is 23.8 Å². The zero-order valence-electron chi connectivity index (χ0n) is 14.5. The lowest BCUT2D eigenvalue weighted by Crippen LogP contribution is -2.54. The number of carbonyl (C=O) groups is 2. The smallest absolute Gasteiger partial charge is 0.270 e. The van der Waals surface area contributed by atoms with Gasteiger partial charge in [0.2, 0.25) is 0 Å². The van der Waals surface area contributed by atoms with Gasteiger partial charge in [0.1, 0.15) is 5.57 Å². The van der Waals surface area contributed by atoms with Gasteiger partial charge in [-0.1, -0.05) is 30.5 Å². The largest absolute Gasteiger partial charge is 0.351 e. The molecule has 1 aliphatic carbocycles. The Hall–Kier alpha value is -2.44. The number of thiocarbonyl (C=S) groups is 1. The number of carbonyl (C=O) groups excluding carboxylic acids is 2. The Morgan fingerprint density at radius 1 is 1.19 bits per heavy atom. The van der Waals surface area contributed by atoms with Crippen molar-refractivity contribution in [3.8, 4) is 0 Å². The summed E-state index contributed by atoms with van der Waals surface area (Å²) in [5.74, 6) is -0.948. The Morgan fingerprint density at radius 3 is 2.70 bits per heavy atom. The van der Waals surface area contributed by atoms with Gasteiger partial charge in [0, 0.05) is 23.5 Å². The van der Waals surface area contributed by atoms with Crippen LogP contribution >= 0.6 is 23.8 Å². The highest BCUT2D eigenvalue weighted by Crippen LogP contribution is 2.30. The predicted molar refractivity (Wildman–Crippen MR) is 110 cm³/mol. The molecule has 5 nitrogen and oxygen atoms in total. The number of anilines is 1. The first-order valence-corrected chi connectivity index (χ1v) is 9.66. The second-order valence-corrected chi connectivity index (χ2v) is 7.59. The molecular formula is C20H18ClN3O2S. The molecule has 0 atom stereocenters. The van der Waals surface area contributed by atoms with Crippen LogP contribution in [-0.2, 0) is 9.59 Å². The first-order valence-electron chi connectivity index (χ1n) is 8.87. The van der Waals surface area contributed by atoms with Gasteiger partial charge in [-0.25, -0.2) is 0 Å². The second-order valence-electron chi connectivity index (χ2n) is 6.77. The van der Waals surface area contributed by atoms with Gasteiger partial charge in [-0.2, -0.15) is 0 Å². The lowest BCUT2D eigenvalue weighted by Gasteiger charge is -2.28. The predicted octanol–water partition coefficient (Wildman–Crippen LogP) is 4.09. The Kier molecular flexibility index (Phi) is 4.85. The molecule has 1 N–H and O–H groups in total. The van der Waals surface area contributed by atoms with Crippen molar-refractivity contribution in [1.82, 2.24) is 9.88 Å². The maximum atomic E-state index is 13.0. The minimum absolute atomic E-state index is 0.0488. The van der Waals surface area contributed by atoms with Gasteiger partial charge in [-0.05, 0) is 61.0 Å². The molecule has 1 saturated carbocycles. The summed E-state index contributed by atoms with van der Waals surface area (Å²) in [6, 6.07) is 9.23. The fraction of sp³-hybridized carbons (Fsp3) is 0.250. The Morgan fingerprint density at radius 2 is 1.96 bits per heavy atom. The van der Waals surface area contributed by atoms with Crippen molar-refractivity contribution in [2.75, 3.05) is 4.90 Å². The monoisotopic (exact) mass is 399 g/mol. The fourth-order valence-electron chi connectivity index (χ4n) is 3.62. The highest BCUT2D eigenvalue weighted by Gasteiger charge is 2.34. The highest BCUT2D eigenvalue weighted by molar-refractivity contribution is 7.80. The van der Waals surface area contributed by atoms with Gasteiger partial charge in [0.25, 0.3) is 11.8 Å². The average molecular weight is 400 g/mol. The molecule has 1 saturated heterocycles. The molecule has 138 valence electrons. The first-order chi connectivity index (χ1) is 13.0. The number of amides is 2. The normalized spacial score (nSPS) is 19.8. The van der Waals surface area contributed by atoms with E-state index in [0.717, 1.165) is 5.56 Å². The first kappa shape index (κ1) is 17.9. The highest BCUT2D eigenvalue weighted by atomic mass is 35.5. The van der Waals surface area contributed by atoms with Crippen LogP contribution in [0.5, 0.6) is 0 Å². The Balaban J connectivity index is 1.65. The maximum absolute atomic E-state index is 13.0. The van der Waals surface area contributed by atoms with Crippen molar-refractivity contribution in [1.29, 1.82) is 0 Å². The van der Waals surface area contributed by atoms with Crippen molar-refractivity contribution in [2.24, 2.45) is 0 Å². The summed E-state index contributed by atoms with van der Waals surface area (Å²) in [4.78, 5) is 26.7. The summed E-state index contributed by atoms with van der Waals surface area (Å²) in [7, 11) is 0. The molecule has 7 heteroatoms. The molecule has 2 aliphatic rings. The van der Waals surface area contributed by atoms with E-state index >= 15 is 0 Å². The van der Waals surface area contributed by atoms with Crippen molar-refractivity contribution in [3.05, 3.63) is 58.9 Å². The molecule has 0 unspecified atom stereocenters. The summed E-state index contributed by atoms with van der Waals surface area (Å²) in [5, 5.41) is 3.12.